The van der Waals surface area contributed by atoms with Crippen LogP contribution in [0.5, 0.6) is 5.75 Å². The predicted octanol–water partition coefficient (Wildman–Crippen LogP) is 3.36. The molecule has 0 N–H and O–H groups in total. The van der Waals surface area contributed by atoms with Crippen molar-refractivity contribution in [3.8, 4) is 16.9 Å². The molecule has 1 aromatic carbocycles. The van der Waals surface area contributed by atoms with Gasteiger partial charge in [-0.1, -0.05) is 18.2 Å². The van der Waals surface area contributed by atoms with E-state index in [0.29, 0.717) is 12.6 Å². The Kier molecular flexibility index (Phi) is 6.92. The van der Waals surface area contributed by atoms with Crippen LogP contribution in [0.4, 0.5) is 5.95 Å². The minimum Gasteiger partial charge on any atom is -0.491 e. The number of para-hydroxylation sites is 1. The summed E-state index contributed by atoms with van der Waals surface area (Å²) in [6, 6.07) is 8.24. The zero-order valence-corrected chi connectivity index (χ0v) is 19.1. The van der Waals surface area contributed by atoms with Gasteiger partial charge in [0, 0.05) is 69.0 Å². The van der Waals surface area contributed by atoms with Crippen LogP contribution in [0, 0.1) is 0 Å². The Labute approximate surface area is 189 Å². The number of anilines is 1. The van der Waals surface area contributed by atoms with Crippen molar-refractivity contribution in [3.05, 3.63) is 60.4 Å². The average Bonchev–Trinajstić information content (AvgIpc) is 2.80. The van der Waals surface area contributed by atoms with Crippen molar-refractivity contribution in [2.45, 2.75) is 32.6 Å². The molecule has 0 aliphatic carbocycles. The van der Waals surface area contributed by atoms with Crippen molar-refractivity contribution in [1.29, 1.82) is 0 Å². The van der Waals surface area contributed by atoms with Gasteiger partial charge in [-0.15, -0.1) is 0 Å². The van der Waals surface area contributed by atoms with E-state index < -0.39 is 0 Å². The molecule has 1 saturated heterocycles. The summed E-state index contributed by atoms with van der Waals surface area (Å²) in [5.74, 6) is 1.58. The molecule has 168 valence electrons. The Balaban J connectivity index is 1.60. The van der Waals surface area contributed by atoms with Gasteiger partial charge in [0.2, 0.25) is 5.95 Å². The Hall–Kier alpha value is -3.10. The molecule has 1 aliphatic heterocycles. The summed E-state index contributed by atoms with van der Waals surface area (Å²) in [4.78, 5) is 22.0. The number of hydrogen-bond acceptors (Lipinski definition) is 8. The van der Waals surface area contributed by atoms with Gasteiger partial charge >= 0.3 is 0 Å². The number of aromatic nitrogens is 4. The van der Waals surface area contributed by atoms with Gasteiger partial charge in [-0.05, 0) is 19.9 Å². The molecule has 2 aromatic heterocycles. The molecule has 0 spiro atoms. The molecular weight excluding hydrogens is 404 g/mol. The maximum atomic E-state index is 6.20. The van der Waals surface area contributed by atoms with Crippen molar-refractivity contribution >= 4 is 5.95 Å². The fraction of sp³-hybridized carbons (Fsp3) is 0.417. The summed E-state index contributed by atoms with van der Waals surface area (Å²) in [5, 5.41) is 0. The van der Waals surface area contributed by atoms with Crippen molar-refractivity contribution in [1.82, 2.24) is 24.8 Å². The standard InChI is InChI=1S/C24H30N6O2/c1-17(2)32-21-8-6-5-7-18(21)14-30-9-10-31-22(15-30)23-20(19-11-25-16-26-12-19)13-27-24(28-23)29(3)4/h5-8,11-13,16-17,22H,9-10,14-15H2,1-4H3/t22-/m1/s1. The van der Waals surface area contributed by atoms with Crippen LogP contribution in [0.2, 0.25) is 0 Å². The van der Waals surface area contributed by atoms with Gasteiger partial charge in [-0.3, -0.25) is 4.90 Å². The Morgan fingerprint density at radius 3 is 2.69 bits per heavy atom. The Morgan fingerprint density at radius 1 is 1.16 bits per heavy atom. The molecule has 4 rings (SSSR count). The second kappa shape index (κ2) is 10.0. The molecule has 32 heavy (non-hydrogen) atoms. The molecule has 0 saturated carbocycles. The second-order valence-corrected chi connectivity index (χ2v) is 8.36. The molecule has 8 nitrogen and oxygen atoms in total. The van der Waals surface area contributed by atoms with E-state index in [0.717, 1.165) is 42.2 Å². The van der Waals surface area contributed by atoms with E-state index in [9.17, 15) is 0 Å². The van der Waals surface area contributed by atoms with Crippen molar-refractivity contribution in [2.75, 3.05) is 38.7 Å². The molecule has 1 fully saturated rings. The smallest absolute Gasteiger partial charge is 0.225 e. The third kappa shape index (κ3) is 5.20. The third-order valence-electron chi connectivity index (χ3n) is 5.26. The van der Waals surface area contributed by atoms with Crippen LogP contribution < -0.4 is 9.64 Å². The van der Waals surface area contributed by atoms with Crippen LogP contribution in [0.3, 0.4) is 0 Å². The van der Waals surface area contributed by atoms with Crippen LogP contribution in [-0.2, 0) is 11.3 Å². The summed E-state index contributed by atoms with van der Waals surface area (Å²) in [7, 11) is 3.87. The predicted molar refractivity (Wildman–Crippen MR) is 124 cm³/mol. The highest BCUT2D eigenvalue weighted by Crippen LogP contribution is 2.32. The topological polar surface area (TPSA) is 76.5 Å². The summed E-state index contributed by atoms with van der Waals surface area (Å²) < 4.78 is 12.2. The number of ether oxygens (including phenoxy) is 2. The summed E-state index contributed by atoms with van der Waals surface area (Å²) in [6.45, 7) is 7.09. The minimum absolute atomic E-state index is 0.134. The molecule has 0 amide bonds. The van der Waals surface area contributed by atoms with Gasteiger partial charge in [0.25, 0.3) is 0 Å². The van der Waals surface area contributed by atoms with E-state index in [2.05, 4.69) is 32.0 Å². The van der Waals surface area contributed by atoms with Crippen molar-refractivity contribution in [3.63, 3.8) is 0 Å². The molecule has 3 aromatic rings. The van der Waals surface area contributed by atoms with Gasteiger partial charge in [0.15, 0.2) is 0 Å². The monoisotopic (exact) mass is 434 g/mol. The molecule has 0 unspecified atom stereocenters. The SMILES string of the molecule is CC(C)Oc1ccccc1CN1CCO[C@@H](c2nc(N(C)C)ncc2-c2cncnc2)C1. The van der Waals surface area contributed by atoms with E-state index >= 15 is 0 Å². The highest BCUT2D eigenvalue weighted by atomic mass is 16.5. The Bertz CT molecular complexity index is 1030. The summed E-state index contributed by atoms with van der Waals surface area (Å²) in [6.07, 6.45) is 6.88. The zero-order valence-electron chi connectivity index (χ0n) is 19.1. The van der Waals surface area contributed by atoms with E-state index in [-0.39, 0.29) is 12.2 Å². The van der Waals surface area contributed by atoms with E-state index in [1.807, 2.05) is 51.2 Å². The first-order valence-corrected chi connectivity index (χ1v) is 10.9. The van der Waals surface area contributed by atoms with E-state index in [1.54, 1.807) is 12.4 Å². The van der Waals surface area contributed by atoms with Crippen LogP contribution in [0.25, 0.3) is 11.1 Å². The maximum Gasteiger partial charge on any atom is 0.225 e. The van der Waals surface area contributed by atoms with E-state index in [1.165, 1.54) is 11.9 Å². The molecular formula is C24H30N6O2. The highest BCUT2D eigenvalue weighted by molar-refractivity contribution is 5.64. The normalized spacial score (nSPS) is 16.8. The van der Waals surface area contributed by atoms with Crippen molar-refractivity contribution in [2.24, 2.45) is 0 Å². The van der Waals surface area contributed by atoms with Gasteiger partial charge in [0.1, 0.15) is 18.2 Å². The van der Waals surface area contributed by atoms with Crippen LogP contribution >= 0.6 is 0 Å². The lowest BCUT2D eigenvalue weighted by Gasteiger charge is -2.34. The lowest BCUT2D eigenvalue weighted by molar-refractivity contribution is -0.0349. The van der Waals surface area contributed by atoms with Crippen LogP contribution in [0.1, 0.15) is 31.2 Å². The summed E-state index contributed by atoms with van der Waals surface area (Å²) in [5.41, 5.74) is 3.81. The number of rotatable bonds is 7. The maximum absolute atomic E-state index is 6.20. The van der Waals surface area contributed by atoms with Gasteiger partial charge in [-0.2, -0.15) is 0 Å². The lowest BCUT2D eigenvalue weighted by Crippen LogP contribution is -2.38. The summed E-state index contributed by atoms with van der Waals surface area (Å²) >= 11 is 0. The first-order valence-electron chi connectivity index (χ1n) is 10.9. The first-order chi connectivity index (χ1) is 15.5. The largest absolute Gasteiger partial charge is 0.491 e. The number of morpholine rings is 1. The van der Waals surface area contributed by atoms with Gasteiger partial charge in [0.05, 0.1) is 18.4 Å². The quantitative estimate of drug-likeness (QED) is 0.560. The lowest BCUT2D eigenvalue weighted by atomic mass is 10.0. The minimum atomic E-state index is -0.182. The molecule has 3 heterocycles. The molecule has 0 bridgehead atoms. The molecule has 1 atom stereocenters. The fourth-order valence-corrected chi connectivity index (χ4v) is 3.76. The van der Waals surface area contributed by atoms with Crippen LogP contribution in [0.15, 0.2) is 49.2 Å². The fourth-order valence-electron chi connectivity index (χ4n) is 3.76. The zero-order chi connectivity index (χ0) is 22.5. The molecule has 8 heteroatoms. The Morgan fingerprint density at radius 2 is 1.94 bits per heavy atom. The van der Waals surface area contributed by atoms with Crippen LogP contribution in [-0.4, -0.2) is 64.7 Å². The second-order valence-electron chi connectivity index (χ2n) is 8.36. The molecule has 1 aliphatic rings. The number of hydrogen-bond donors (Lipinski definition) is 0. The number of benzene rings is 1. The van der Waals surface area contributed by atoms with E-state index in [4.69, 9.17) is 14.5 Å². The number of nitrogens with zero attached hydrogens (tertiary/aromatic N) is 6. The average molecular weight is 435 g/mol. The molecule has 0 radical (unpaired) electrons. The first kappa shape index (κ1) is 22.1. The van der Waals surface area contributed by atoms with Gasteiger partial charge < -0.3 is 14.4 Å². The van der Waals surface area contributed by atoms with Gasteiger partial charge in [-0.25, -0.2) is 19.9 Å². The third-order valence-corrected chi connectivity index (χ3v) is 5.26. The van der Waals surface area contributed by atoms with Crippen molar-refractivity contribution < 1.29 is 9.47 Å². The highest BCUT2D eigenvalue weighted by Gasteiger charge is 2.27.